The van der Waals surface area contributed by atoms with Crippen molar-refractivity contribution in [3.05, 3.63) is 34.9 Å². The van der Waals surface area contributed by atoms with Crippen LogP contribution in [0.4, 0.5) is 0 Å². The molecule has 0 fully saturated rings. The van der Waals surface area contributed by atoms with Gasteiger partial charge in [-0.05, 0) is 29.5 Å². The Bertz CT molecular complexity index is 787. The van der Waals surface area contributed by atoms with E-state index in [1.807, 2.05) is 0 Å². The second kappa shape index (κ2) is 11.4. The standard InChI is InChI=1S/C21H29ClN4O4/c1-13(27)25-18(21(2,3)4)20(30)26-17(10-9-16(28)11-23)19(29)24-12-14-5-7-15(22)8-6-14/h5-8,11,17-18,23H,9-10,12H2,1-4H3,(H,24,29)(H,25,27)(H,26,30)/t17-,18+/m0/s1. The van der Waals surface area contributed by atoms with E-state index in [0.717, 1.165) is 5.56 Å². The summed E-state index contributed by atoms with van der Waals surface area (Å²) in [5.41, 5.74) is 0.226. The Morgan fingerprint density at radius 2 is 1.67 bits per heavy atom. The maximum Gasteiger partial charge on any atom is 0.243 e. The van der Waals surface area contributed by atoms with Crippen LogP contribution in [0.1, 0.15) is 46.1 Å². The lowest BCUT2D eigenvalue weighted by atomic mass is 9.85. The number of amides is 3. The van der Waals surface area contributed by atoms with Crippen LogP contribution < -0.4 is 16.0 Å². The molecule has 2 atom stereocenters. The minimum Gasteiger partial charge on any atom is -0.350 e. The summed E-state index contributed by atoms with van der Waals surface area (Å²) in [4.78, 5) is 48.6. The number of Topliss-reactive ketones (excluding diaryl/α,β-unsaturated/α-hetero) is 1. The molecule has 0 radical (unpaired) electrons. The summed E-state index contributed by atoms with van der Waals surface area (Å²) >= 11 is 5.85. The van der Waals surface area contributed by atoms with Gasteiger partial charge in [-0.3, -0.25) is 19.2 Å². The minimum atomic E-state index is -0.993. The fourth-order valence-corrected chi connectivity index (χ4v) is 2.80. The van der Waals surface area contributed by atoms with Crippen molar-refractivity contribution in [2.24, 2.45) is 5.41 Å². The van der Waals surface area contributed by atoms with Crippen molar-refractivity contribution in [1.82, 2.24) is 16.0 Å². The summed E-state index contributed by atoms with van der Waals surface area (Å²) in [6.07, 6.45) is 0.645. The number of carbonyl (C=O) groups excluding carboxylic acids is 4. The van der Waals surface area contributed by atoms with Gasteiger partial charge < -0.3 is 21.4 Å². The minimum absolute atomic E-state index is 0.0311. The van der Waals surface area contributed by atoms with Crippen LogP contribution in [0.3, 0.4) is 0 Å². The largest absolute Gasteiger partial charge is 0.350 e. The van der Waals surface area contributed by atoms with Crippen LogP contribution in [0.15, 0.2) is 24.3 Å². The monoisotopic (exact) mass is 436 g/mol. The molecule has 0 aliphatic heterocycles. The molecule has 30 heavy (non-hydrogen) atoms. The molecule has 0 bridgehead atoms. The molecule has 9 heteroatoms. The third kappa shape index (κ3) is 8.73. The average Bonchev–Trinajstić information content (AvgIpc) is 2.67. The summed E-state index contributed by atoms with van der Waals surface area (Å²) in [5, 5.41) is 15.6. The quantitative estimate of drug-likeness (QED) is 0.418. The van der Waals surface area contributed by atoms with Crippen molar-refractivity contribution in [1.29, 1.82) is 5.41 Å². The van der Waals surface area contributed by atoms with Gasteiger partial charge in [0.2, 0.25) is 17.7 Å². The summed E-state index contributed by atoms with van der Waals surface area (Å²) in [6, 6.07) is 5.08. The highest BCUT2D eigenvalue weighted by Crippen LogP contribution is 2.20. The van der Waals surface area contributed by atoms with Gasteiger partial charge in [0.25, 0.3) is 0 Å². The second-order valence-corrected chi connectivity index (χ2v) is 8.49. The zero-order chi connectivity index (χ0) is 22.9. The van der Waals surface area contributed by atoms with Crippen LogP contribution in [-0.2, 0) is 25.7 Å². The average molecular weight is 437 g/mol. The predicted octanol–water partition coefficient (Wildman–Crippen LogP) is 1.99. The molecular weight excluding hydrogens is 408 g/mol. The van der Waals surface area contributed by atoms with Gasteiger partial charge in [-0.2, -0.15) is 0 Å². The summed E-state index contributed by atoms with van der Waals surface area (Å²) in [5.74, 6) is -1.81. The van der Waals surface area contributed by atoms with E-state index in [1.165, 1.54) is 6.92 Å². The molecule has 0 spiro atoms. The number of ketones is 1. The number of hydrogen-bond acceptors (Lipinski definition) is 5. The number of halogens is 1. The Morgan fingerprint density at radius 1 is 1.07 bits per heavy atom. The van der Waals surface area contributed by atoms with Gasteiger partial charge >= 0.3 is 0 Å². The Balaban J connectivity index is 2.91. The Hall–Kier alpha value is -2.74. The lowest BCUT2D eigenvalue weighted by Gasteiger charge is -2.31. The molecule has 1 aromatic rings. The van der Waals surface area contributed by atoms with E-state index in [-0.39, 0.29) is 25.3 Å². The van der Waals surface area contributed by atoms with E-state index in [4.69, 9.17) is 17.0 Å². The van der Waals surface area contributed by atoms with Crippen LogP contribution in [0.5, 0.6) is 0 Å². The molecule has 0 saturated carbocycles. The second-order valence-electron chi connectivity index (χ2n) is 8.05. The summed E-state index contributed by atoms with van der Waals surface area (Å²) in [6.45, 7) is 6.91. The molecule has 164 valence electrons. The zero-order valence-electron chi connectivity index (χ0n) is 17.7. The van der Waals surface area contributed by atoms with Crippen molar-refractivity contribution in [2.75, 3.05) is 0 Å². The molecule has 0 heterocycles. The summed E-state index contributed by atoms with van der Waals surface area (Å²) in [7, 11) is 0. The molecular formula is C21H29ClN4O4. The SMILES string of the molecule is CC(=O)N[C@H](C(=O)N[C@@H](CCC(=O)C=N)C(=O)NCc1ccc(Cl)cc1)C(C)(C)C. The highest BCUT2D eigenvalue weighted by atomic mass is 35.5. The number of rotatable bonds is 10. The topological polar surface area (TPSA) is 128 Å². The van der Waals surface area contributed by atoms with Gasteiger partial charge in [0.15, 0.2) is 5.78 Å². The van der Waals surface area contributed by atoms with E-state index in [1.54, 1.807) is 45.0 Å². The first-order valence-electron chi connectivity index (χ1n) is 9.57. The number of carbonyl (C=O) groups is 4. The molecule has 0 aliphatic carbocycles. The van der Waals surface area contributed by atoms with Crippen LogP contribution in [-0.4, -0.2) is 41.8 Å². The van der Waals surface area contributed by atoms with Crippen LogP contribution >= 0.6 is 11.6 Å². The predicted molar refractivity (Wildman–Crippen MR) is 115 cm³/mol. The third-order valence-corrected chi connectivity index (χ3v) is 4.58. The molecule has 0 unspecified atom stereocenters. The molecule has 4 N–H and O–H groups in total. The van der Waals surface area contributed by atoms with E-state index < -0.39 is 35.1 Å². The highest BCUT2D eigenvalue weighted by Gasteiger charge is 2.34. The van der Waals surface area contributed by atoms with Crippen molar-refractivity contribution >= 4 is 41.3 Å². The first-order valence-corrected chi connectivity index (χ1v) is 9.94. The molecule has 0 saturated heterocycles. The molecule has 1 rings (SSSR count). The fourth-order valence-electron chi connectivity index (χ4n) is 2.68. The maximum atomic E-state index is 12.8. The van der Waals surface area contributed by atoms with E-state index in [0.29, 0.717) is 11.2 Å². The van der Waals surface area contributed by atoms with Gasteiger partial charge in [-0.1, -0.05) is 44.5 Å². The van der Waals surface area contributed by atoms with Gasteiger partial charge in [0.05, 0.1) is 6.21 Å². The number of benzene rings is 1. The molecule has 8 nitrogen and oxygen atoms in total. The van der Waals surface area contributed by atoms with Crippen molar-refractivity contribution in [3.8, 4) is 0 Å². The van der Waals surface area contributed by atoms with Gasteiger partial charge in [-0.15, -0.1) is 0 Å². The highest BCUT2D eigenvalue weighted by molar-refractivity contribution is 6.30. The molecule has 3 amide bonds. The molecule has 1 aromatic carbocycles. The van der Waals surface area contributed by atoms with E-state index in [9.17, 15) is 19.2 Å². The van der Waals surface area contributed by atoms with Crippen molar-refractivity contribution in [2.45, 2.75) is 59.2 Å². The Kier molecular flexibility index (Phi) is 9.65. The zero-order valence-corrected chi connectivity index (χ0v) is 18.4. The normalized spacial score (nSPS) is 13.0. The number of hydrogen-bond donors (Lipinski definition) is 4. The maximum absolute atomic E-state index is 12.8. The Morgan fingerprint density at radius 3 is 2.17 bits per heavy atom. The smallest absolute Gasteiger partial charge is 0.243 e. The van der Waals surface area contributed by atoms with Crippen LogP contribution in [0.2, 0.25) is 5.02 Å². The first-order chi connectivity index (χ1) is 13.9. The number of nitrogens with one attached hydrogen (secondary N) is 4. The molecule has 0 aromatic heterocycles. The lowest BCUT2D eigenvalue weighted by molar-refractivity contribution is -0.134. The van der Waals surface area contributed by atoms with Crippen molar-refractivity contribution < 1.29 is 19.2 Å². The molecule has 0 aliphatic rings. The van der Waals surface area contributed by atoms with E-state index >= 15 is 0 Å². The van der Waals surface area contributed by atoms with Gasteiger partial charge in [0, 0.05) is 24.9 Å². The first kappa shape index (κ1) is 25.3. The lowest BCUT2D eigenvalue weighted by Crippen LogP contribution is -2.57. The third-order valence-electron chi connectivity index (χ3n) is 4.33. The van der Waals surface area contributed by atoms with Gasteiger partial charge in [0.1, 0.15) is 12.1 Å². The Labute approximate surface area is 181 Å². The van der Waals surface area contributed by atoms with E-state index in [2.05, 4.69) is 16.0 Å². The summed E-state index contributed by atoms with van der Waals surface area (Å²) < 4.78 is 0. The van der Waals surface area contributed by atoms with Crippen molar-refractivity contribution in [3.63, 3.8) is 0 Å². The van der Waals surface area contributed by atoms with Gasteiger partial charge in [-0.25, -0.2) is 0 Å². The fraction of sp³-hybridized carbons (Fsp3) is 0.476. The van der Waals surface area contributed by atoms with Crippen LogP contribution in [0, 0.1) is 10.8 Å². The van der Waals surface area contributed by atoms with Crippen LogP contribution in [0.25, 0.3) is 0 Å².